The second-order valence-corrected chi connectivity index (χ2v) is 21.8. The van der Waals surface area contributed by atoms with Gasteiger partial charge >= 0.3 is 0 Å². The molecule has 6 saturated carbocycles. The predicted octanol–water partition coefficient (Wildman–Crippen LogP) is 14.2. The van der Waals surface area contributed by atoms with Crippen LogP contribution >= 0.6 is 0 Å². The largest absolute Gasteiger partial charge is 0.0845 e. The first-order valence-electron chi connectivity index (χ1n) is 22.3. The fourth-order valence-electron chi connectivity index (χ4n) is 17.2. The topological polar surface area (TPSA) is 0 Å². The zero-order valence-electron chi connectivity index (χ0n) is 33.2. The lowest BCUT2D eigenvalue weighted by molar-refractivity contribution is -0.0618. The van der Waals surface area contributed by atoms with Crippen molar-refractivity contribution in [3.63, 3.8) is 0 Å². The first-order chi connectivity index (χ1) is 22.9. The minimum atomic E-state index is 0.529. The minimum absolute atomic E-state index is 0.529. The Balaban J connectivity index is 0.929. The molecule has 8 aliphatic carbocycles. The number of unbranched alkanes of at least 4 members (excludes halogenated alkanes) is 1. The number of allylic oxidation sites excluding steroid dienone is 4. The molecule has 0 saturated heterocycles. The lowest BCUT2D eigenvalue weighted by Gasteiger charge is -2.59. The van der Waals surface area contributed by atoms with E-state index in [0.29, 0.717) is 21.7 Å². The second-order valence-electron chi connectivity index (χ2n) is 21.8. The minimum Gasteiger partial charge on any atom is -0.0845 e. The molecule has 270 valence electrons. The van der Waals surface area contributed by atoms with Gasteiger partial charge in [-0.25, -0.2) is 0 Å². The molecule has 0 aliphatic heterocycles. The molecular weight excluding hydrogens is 577 g/mol. The fraction of sp³-hybridized carbons (Fsp3) is 0.917. The quantitative estimate of drug-likeness (QED) is 0.240. The van der Waals surface area contributed by atoms with Crippen molar-refractivity contribution in [1.82, 2.24) is 0 Å². The third-order valence-electron chi connectivity index (χ3n) is 19.8. The molecule has 0 aromatic rings. The third-order valence-corrected chi connectivity index (χ3v) is 19.8. The van der Waals surface area contributed by atoms with Crippen molar-refractivity contribution in [2.24, 2.45) is 92.7 Å². The Kier molecular flexibility index (Phi) is 9.05. The molecule has 0 nitrogen and oxygen atoms in total. The average Bonchev–Trinajstić information content (AvgIpc) is 3.61. The van der Waals surface area contributed by atoms with Crippen LogP contribution in [0.3, 0.4) is 0 Å². The van der Waals surface area contributed by atoms with Crippen molar-refractivity contribution in [2.45, 2.75) is 184 Å². The molecule has 0 heteroatoms. The van der Waals surface area contributed by atoms with Gasteiger partial charge in [-0.2, -0.15) is 0 Å². The van der Waals surface area contributed by atoms with Crippen LogP contribution in [0.15, 0.2) is 23.3 Å². The summed E-state index contributed by atoms with van der Waals surface area (Å²) in [6, 6.07) is 0. The maximum absolute atomic E-state index is 2.84. The lowest BCUT2D eigenvalue weighted by Crippen LogP contribution is -2.51. The smallest absolute Gasteiger partial charge is 0.00851 e. The summed E-state index contributed by atoms with van der Waals surface area (Å²) in [6.45, 7) is 21.5. The normalized spacial score (nSPS) is 52.4. The van der Waals surface area contributed by atoms with Crippen molar-refractivity contribution >= 4 is 0 Å². The van der Waals surface area contributed by atoms with Crippen LogP contribution < -0.4 is 0 Å². The van der Waals surface area contributed by atoms with Crippen LogP contribution in [0.4, 0.5) is 0 Å². The Labute approximate surface area is 298 Å². The van der Waals surface area contributed by atoms with E-state index in [9.17, 15) is 0 Å². The molecule has 8 aliphatic rings. The van der Waals surface area contributed by atoms with Gasteiger partial charge in [0.05, 0.1) is 0 Å². The Morgan fingerprint density at radius 3 is 1.69 bits per heavy atom. The third kappa shape index (κ3) is 5.21. The zero-order valence-corrected chi connectivity index (χ0v) is 33.2. The van der Waals surface area contributed by atoms with Crippen molar-refractivity contribution in [2.75, 3.05) is 0 Å². The first-order valence-corrected chi connectivity index (χ1v) is 22.3. The maximum atomic E-state index is 2.84. The number of fused-ring (bicyclic) bond motifs is 10. The number of hydrogen-bond donors (Lipinski definition) is 0. The maximum Gasteiger partial charge on any atom is -0.00851 e. The molecule has 6 fully saturated rings. The number of rotatable bonds is 7. The van der Waals surface area contributed by atoms with Gasteiger partial charge in [-0.05, 0) is 202 Å². The molecule has 0 heterocycles. The SMILES string of the molecule is CCCC[C@H]1CCC2(C)C(=CC[C@H]3C2CCC2(C)C([C@H](C)C[C@@H](C)C4CC[C@H]5[C@H]6CC=C7C[C@@H](C)CCC7(C)C6CCC45C)CC[C@@H]32)C1. The molecule has 8 unspecified atom stereocenters. The van der Waals surface area contributed by atoms with Gasteiger partial charge in [0.15, 0.2) is 0 Å². The second kappa shape index (κ2) is 12.6. The average molecular weight is 655 g/mol. The van der Waals surface area contributed by atoms with E-state index in [-0.39, 0.29) is 0 Å². The number of hydrogen-bond acceptors (Lipinski definition) is 0. The van der Waals surface area contributed by atoms with Gasteiger partial charge in [0.2, 0.25) is 0 Å². The van der Waals surface area contributed by atoms with Crippen molar-refractivity contribution < 1.29 is 0 Å². The Hall–Kier alpha value is -0.520. The first kappa shape index (κ1) is 34.6. The molecule has 0 amide bonds. The summed E-state index contributed by atoms with van der Waals surface area (Å²) < 4.78 is 0. The van der Waals surface area contributed by atoms with Crippen LogP contribution in [0.2, 0.25) is 0 Å². The molecule has 0 N–H and O–H groups in total. The molecular formula is C48H78. The monoisotopic (exact) mass is 655 g/mol. The summed E-state index contributed by atoms with van der Waals surface area (Å²) in [4.78, 5) is 0. The van der Waals surface area contributed by atoms with E-state index in [4.69, 9.17) is 0 Å². The van der Waals surface area contributed by atoms with E-state index in [0.717, 1.165) is 71.0 Å². The zero-order chi connectivity index (χ0) is 33.6. The summed E-state index contributed by atoms with van der Waals surface area (Å²) in [7, 11) is 0. The highest BCUT2D eigenvalue weighted by Crippen LogP contribution is 2.70. The van der Waals surface area contributed by atoms with Crippen LogP contribution in [0, 0.1) is 92.7 Å². The van der Waals surface area contributed by atoms with Gasteiger partial charge < -0.3 is 0 Å². The summed E-state index contributed by atoms with van der Waals surface area (Å²) in [6.07, 6.45) is 35.3. The summed E-state index contributed by atoms with van der Waals surface area (Å²) >= 11 is 0. The highest BCUT2D eigenvalue weighted by atomic mass is 14.7. The van der Waals surface area contributed by atoms with Gasteiger partial charge in [0, 0.05) is 0 Å². The fourth-order valence-corrected chi connectivity index (χ4v) is 17.2. The van der Waals surface area contributed by atoms with Gasteiger partial charge in [0.1, 0.15) is 0 Å². The van der Waals surface area contributed by atoms with Crippen molar-refractivity contribution in [3.8, 4) is 0 Å². The molecule has 0 aromatic heterocycles. The molecule has 48 heavy (non-hydrogen) atoms. The molecule has 16 atom stereocenters. The standard InChI is InChI=1S/C48H78/c1-9-10-11-34-21-25-46(6)36(30-34)13-15-38-42-19-17-40(48(42,8)27-23-44(38)46)33(4)29-32(3)39-16-18-41-37-14-12-35-28-31(2)20-24-45(35,5)43(37)22-26-47(39,41)7/h12-13,31-34,37-44H,9-11,14-30H2,1-8H3/t31-,32+,33+,34-,37+,38+,39?,40?,41-,42-,43?,44?,45?,46?,47?,48?/m0/s1. The van der Waals surface area contributed by atoms with Crippen LogP contribution in [-0.4, -0.2) is 0 Å². The highest BCUT2D eigenvalue weighted by Gasteiger charge is 2.61. The van der Waals surface area contributed by atoms with Crippen LogP contribution in [0.1, 0.15) is 184 Å². The van der Waals surface area contributed by atoms with Crippen LogP contribution in [0.25, 0.3) is 0 Å². The van der Waals surface area contributed by atoms with Gasteiger partial charge in [-0.1, -0.05) is 98.0 Å². The van der Waals surface area contributed by atoms with Crippen LogP contribution in [-0.2, 0) is 0 Å². The Bertz CT molecular complexity index is 1250. The molecule has 0 spiro atoms. The summed E-state index contributed by atoms with van der Waals surface area (Å²) in [5.74, 6) is 11.5. The van der Waals surface area contributed by atoms with E-state index in [1.165, 1.54) is 122 Å². The molecule has 8 rings (SSSR count). The van der Waals surface area contributed by atoms with Gasteiger partial charge in [-0.3, -0.25) is 0 Å². The molecule has 0 radical (unpaired) electrons. The lowest BCUT2D eigenvalue weighted by atomic mass is 9.46. The predicted molar refractivity (Wildman–Crippen MR) is 206 cm³/mol. The van der Waals surface area contributed by atoms with E-state index < -0.39 is 0 Å². The van der Waals surface area contributed by atoms with Gasteiger partial charge in [0.25, 0.3) is 0 Å². The van der Waals surface area contributed by atoms with Crippen molar-refractivity contribution in [3.05, 3.63) is 23.3 Å². The highest BCUT2D eigenvalue weighted by molar-refractivity contribution is 5.26. The summed E-state index contributed by atoms with van der Waals surface area (Å²) in [5.41, 5.74) is 6.06. The molecule has 0 aromatic carbocycles. The van der Waals surface area contributed by atoms with E-state index >= 15 is 0 Å². The summed E-state index contributed by atoms with van der Waals surface area (Å²) in [5, 5.41) is 0. The molecule has 0 bridgehead atoms. The van der Waals surface area contributed by atoms with Crippen molar-refractivity contribution in [1.29, 1.82) is 0 Å². The van der Waals surface area contributed by atoms with E-state index in [1.54, 1.807) is 6.42 Å². The van der Waals surface area contributed by atoms with E-state index in [2.05, 4.69) is 67.5 Å². The Morgan fingerprint density at radius 2 is 1.15 bits per heavy atom. The van der Waals surface area contributed by atoms with Gasteiger partial charge in [-0.15, -0.1) is 0 Å². The van der Waals surface area contributed by atoms with E-state index in [1.807, 2.05) is 11.1 Å². The van der Waals surface area contributed by atoms with Crippen LogP contribution in [0.5, 0.6) is 0 Å². The Morgan fingerprint density at radius 1 is 0.625 bits per heavy atom.